The Kier molecular flexibility index (Phi) is 3.94. The van der Waals surface area contributed by atoms with E-state index in [1.165, 1.54) is 6.42 Å². The predicted octanol–water partition coefficient (Wildman–Crippen LogP) is 3.11. The molecule has 1 aliphatic carbocycles. The van der Waals surface area contributed by atoms with Gasteiger partial charge in [0.25, 0.3) is 0 Å². The lowest BCUT2D eigenvalue weighted by molar-refractivity contribution is -0.142. The SMILES string of the molecule is CC(C)C1CCCN1C(=O)C1(C#N)CCCCC1. The Morgan fingerprint density at radius 1 is 1.28 bits per heavy atom. The van der Waals surface area contributed by atoms with Gasteiger partial charge in [-0.1, -0.05) is 33.1 Å². The van der Waals surface area contributed by atoms with Crippen LogP contribution in [0.3, 0.4) is 0 Å². The van der Waals surface area contributed by atoms with Gasteiger partial charge >= 0.3 is 0 Å². The highest BCUT2D eigenvalue weighted by Gasteiger charge is 2.45. The van der Waals surface area contributed by atoms with E-state index in [0.717, 1.165) is 45.1 Å². The lowest BCUT2D eigenvalue weighted by Crippen LogP contribution is -2.47. The Hall–Kier alpha value is -1.04. The van der Waals surface area contributed by atoms with Gasteiger partial charge in [0.05, 0.1) is 6.07 Å². The van der Waals surface area contributed by atoms with Crippen LogP contribution in [0.5, 0.6) is 0 Å². The lowest BCUT2D eigenvalue weighted by atomic mass is 9.74. The number of carbonyl (C=O) groups is 1. The Bertz CT molecular complexity index is 350. The van der Waals surface area contributed by atoms with Crippen molar-refractivity contribution in [1.82, 2.24) is 4.90 Å². The second kappa shape index (κ2) is 5.30. The molecule has 0 bridgehead atoms. The van der Waals surface area contributed by atoms with Crippen LogP contribution in [-0.2, 0) is 4.79 Å². The van der Waals surface area contributed by atoms with Gasteiger partial charge in [-0.2, -0.15) is 5.26 Å². The minimum absolute atomic E-state index is 0.126. The van der Waals surface area contributed by atoms with Gasteiger partial charge in [0.15, 0.2) is 0 Å². The van der Waals surface area contributed by atoms with Crippen molar-refractivity contribution in [2.45, 2.75) is 64.8 Å². The van der Waals surface area contributed by atoms with E-state index in [0.29, 0.717) is 12.0 Å². The Morgan fingerprint density at radius 3 is 2.50 bits per heavy atom. The molecule has 1 saturated carbocycles. The van der Waals surface area contributed by atoms with Crippen molar-refractivity contribution in [3.05, 3.63) is 0 Å². The zero-order valence-corrected chi connectivity index (χ0v) is 11.6. The highest BCUT2D eigenvalue weighted by atomic mass is 16.2. The first kappa shape index (κ1) is 13.4. The average molecular weight is 248 g/mol. The number of nitrogens with zero attached hydrogens (tertiary/aromatic N) is 2. The molecular formula is C15H24N2O. The molecule has 1 unspecified atom stereocenters. The fourth-order valence-corrected chi connectivity index (χ4v) is 3.54. The van der Waals surface area contributed by atoms with E-state index in [1.807, 2.05) is 4.90 Å². The van der Waals surface area contributed by atoms with Crippen LogP contribution in [-0.4, -0.2) is 23.4 Å². The van der Waals surface area contributed by atoms with Crippen LogP contribution < -0.4 is 0 Å². The third-order valence-corrected chi connectivity index (χ3v) is 4.66. The third kappa shape index (κ3) is 2.25. The van der Waals surface area contributed by atoms with E-state index in [2.05, 4.69) is 19.9 Å². The Labute approximate surface area is 110 Å². The zero-order valence-electron chi connectivity index (χ0n) is 11.6. The summed E-state index contributed by atoms with van der Waals surface area (Å²) < 4.78 is 0. The molecule has 2 fully saturated rings. The number of hydrogen-bond donors (Lipinski definition) is 0. The molecule has 0 N–H and O–H groups in total. The van der Waals surface area contributed by atoms with E-state index in [9.17, 15) is 10.1 Å². The summed E-state index contributed by atoms with van der Waals surface area (Å²) in [4.78, 5) is 14.8. The van der Waals surface area contributed by atoms with Gasteiger partial charge in [-0.15, -0.1) is 0 Å². The maximum absolute atomic E-state index is 12.8. The van der Waals surface area contributed by atoms with Crippen LogP contribution >= 0.6 is 0 Å². The van der Waals surface area contributed by atoms with Gasteiger partial charge in [-0.25, -0.2) is 0 Å². The summed E-state index contributed by atoms with van der Waals surface area (Å²) in [5, 5.41) is 9.50. The molecule has 1 aliphatic heterocycles. The summed E-state index contributed by atoms with van der Waals surface area (Å²) in [5.41, 5.74) is -0.699. The van der Waals surface area contributed by atoms with Crippen LogP contribution in [0.25, 0.3) is 0 Å². The van der Waals surface area contributed by atoms with Crippen LogP contribution in [0.1, 0.15) is 58.8 Å². The van der Waals surface area contributed by atoms with Gasteiger partial charge in [-0.05, 0) is 31.6 Å². The van der Waals surface area contributed by atoms with Crippen molar-refractivity contribution in [3.63, 3.8) is 0 Å². The number of amides is 1. The highest BCUT2D eigenvalue weighted by Crippen LogP contribution is 2.39. The van der Waals surface area contributed by atoms with E-state index < -0.39 is 5.41 Å². The van der Waals surface area contributed by atoms with Crippen LogP contribution in [0, 0.1) is 22.7 Å². The van der Waals surface area contributed by atoms with Gasteiger partial charge in [0.2, 0.25) is 5.91 Å². The summed E-state index contributed by atoms with van der Waals surface area (Å²) >= 11 is 0. The summed E-state index contributed by atoms with van der Waals surface area (Å²) in [6.07, 6.45) is 6.96. The van der Waals surface area contributed by atoms with Crippen LogP contribution in [0.15, 0.2) is 0 Å². The quantitative estimate of drug-likeness (QED) is 0.753. The summed E-state index contributed by atoms with van der Waals surface area (Å²) in [6.45, 7) is 5.21. The number of nitriles is 1. The molecule has 3 heteroatoms. The molecular weight excluding hydrogens is 224 g/mol. The number of rotatable bonds is 2. The molecule has 0 aromatic rings. The van der Waals surface area contributed by atoms with Gasteiger partial charge in [0.1, 0.15) is 5.41 Å². The summed E-state index contributed by atoms with van der Waals surface area (Å²) in [7, 11) is 0. The molecule has 100 valence electrons. The van der Waals surface area contributed by atoms with Crippen molar-refractivity contribution >= 4 is 5.91 Å². The molecule has 2 rings (SSSR count). The van der Waals surface area contributed by atoms with E-state index in [-0.39, 0.29) is 5.91 Å². The average Bonchev–Trinajstić information content (AvgIpc) is 2.88. The minimum Gasteiger partial charge on any atom is -0.338 e. The van der Waals surface area contributed by atoms with Crippen molar-refractivity contribution < 1.29 is 4.79 Å². The van der Waals surface area contributed by atoms with Crippen LogP contribution in [0.2, 0.25) is 0 Å². The molecule has 18 heavy (non-hydrogen) atoms. The molecule has 0 spiro atoms. The topological polar surface area (TPSA) is 44.1 Å². The predicted molar refractivity (Wildman–Crippen MR) is 70.7 cm³/mol. The maximum Gasteiger partial charge on any atom is 0.243 e. The van der Waals surface area contributed by atoms with Crippen molar-refractivity contribution in [2.24, 2.45) is 11.3 Å². The fraction of sp³-hybridized carbons (Fsp3) is 0.867. The van der Waals surface area contributed by atoms with Gasteiger partial charge in [-0.3, -0.25) is 4.79 Å². The smallest absolute Gasteiger partial charge is 0.243 e. The fourth-order valence-electron chi connectivity index (χ4n) is 3.54. The number of likely N-dealkylation sites (tertiary alicyclic amines) is 1. The highest BCUT2D eigenvalue weighted by molar-refractivity contribution is 5.86. The molecule has 1 atom stereocenters. The Balaban J connectivity index is 2.16. The van der Waals surface area contributed by atoms with E-state index in [4.69, 9.17) is 0 Å². The summed E-state index contributed by atoms with van der Waals surface area (Å²) in [5.74, 6) is 0.622. The molecule has 0 aromatic heterocycles. The normalized spacial score (nSPS) is 27.2. The first-order chi connectivity index (χ1) is 8.60. The van der Waals surface area contributed by atoms with Crippen molar-refractivity contribution in [3.8, 4) is 6.07 Å². The molecule has 1 heterocycles. The monoisotopic (exact) mass is 248 g/mol. The molecule has 3 nitrogen and oxygen atoms in total. The van der Waals surface area contributed by atoms with E-state index >= 15 is 0 Å². The number of hydrogen-bond acceptors (Lipinski definition) is 2. The van der Waals surface area contributed by atoms with Gasteiger partial charge in [0, 0.05) is 12.6 Å². The molecule has 1 amide bonds. The van der Waals surface area contributed by atoms with Gasteiger partial charge < -0.3 is 4.90 Å². The van der Waals surface area contributed by atoms with Crippen molar-refractivity contribution in [2.75, 3.05) is 6.54 Å². The second-order valence-corrected chi connectivity index (χ2v) is 6.21. The largest absolute Gasteiger partial charge is 0.338 e. The lowest BCUT2D eigenvalue weighted by Gasteiger charge is -2.37. The second-order valence-electron chi connectivity index (χ2n) is 6.21. The maximum atomic E-state index is 12.8. The Morgan fingerprint density at radius 2 is 1.94 bits per heavy atom. The standard InChI is InChI=1S/C15H24N2O/c1-12(2)13-7-6-10-17(13)14(18)15(11-16)8-4-3-5-9-15/h12-13H,3-10H2,1-2H3. The van der Waals surface area contributed by atoms with Crippen LogP contribution in [0.4, 0.5) is 0 Å². The molecule has 1 saturated heterocycles. The third-order valence-electron chi connectivity index (χ3n) is 4.66. The first-order valence-corrected chi connectivity index (χ1v) is 7.33. The van der Waals surface area contributed by atoms with Crippen molar-refractivity contribution in [1.29, 1.82) is 5.26 Å². The first-order valence-electron chi connectivity index (χ1n) is 7.33. The number of carbonyl (C=O) groups excluding carboxylic acids is 1. The molecule has 0 aromatic carbocycles. The minimum atomic E-state index is -0.699. The zero-order chi connectivity index (χ0) is 13.2. The molecule has 0 radical (unpaired) electrons. The van der Waals surface area contributed by atoms with E-state index in [1.54, 1.807) is 0 Å². The summed E-state index contributed by atoms with van der Waals surface area (Å²) in [6, 6.07) is 2.71. The molecule has 2 aliphatic rings.